The number of carbonyl (C=O) groups is 1. The van der Waals surface area contributed by atoms with E-state index in [1.54, 1.807) is 17.2 Å². The van der Waals surface area contributed by atoms with Crippen molar-refractivity contribution in [2.75, 3.05) is 23.3 Å². The molecule has 0 unspecified atom stereocenters. The second-order valence-electron chi connectivity index (χ2n) is 5.08. The monoisotopic (exact) mass is 298 g/mol. The van der Waals surface area contributed by atoms with Crippen molar-refractivity contribution in [2.24, 2.45) is 0 Å². The number of aromatic nitrogens is 2. The van der Waals surface area contributed by atoms with Crippen molar-refractivity contribution in [3.63, 3.8) is 0 Å². The summed E-state index contributed by atoms with van der Waals surface area (Å²) in [7, 11) is 0. The maximum Gasteiger partial charge on any atom is 0.277 e. The molecule has 0 saturated heterocycles. The fourth-order valence-corrected chi connectivity index (χ4v) is 2.18. The number of hydrogen-bond donors (Lipinski definition) is 1. The predicted octanol–water partition coefficient (Wildman–Crippen LogP) is 3.27. The number of aryl methyl sites for hydroxylation is 1. The molecule has 0 aliphatic carbocycles. The Bertz CT molecular complexity index is 642. The van der Waals surface area contributed by atoms with Gasteiger partial charge in [0.1, 0.15) is 5.69 Å². The Morgan fingerprint density at radius 3 is 2.77 bits per heavy atom. The van der Waals surface area contributed by atoms with Crippen molar-refractivity contribution in [3.8, 4) is 0 Å². The van der Waals surface area contributed by atoms with Gasteiger partial charge in [0.25, 0.3) is 5.91 Å². The SMILES string of the molecule is CCCNc1nccc(C(=O)N(CC)c2cccc(C)c2)n1. The van der Waals surface area contributed by atoms with Crippen molar-refractivity contribution in [1.29, 1.82) is 0 Å². The van der Waals surface area contributed by atoms with E-state index in [4.69, 9.17) is 0 Å². The lowest BCUT2D eigenvalue weighted by Crippen LogP contribution is -2.31. The van der Waals surface area contributed by atoms with E-state index in [1.807, 2.05) is 38.1 Å². The number of hydrogen-bond acceptors (Lipinski definition) is 4. The molecule has 1 heterocycles. The highest BCUT2D eigenvalue weighted by molar-refractivity contribution is 6.04. The lowest BCUT2D eigenvalue weighted by atomic mass is 10.2. The van der Waals surface area contributed by atoms with E-state index >= 15 is 0 Å². The lowest BCUT2D eigenvalue weighted by molar-refractivity contribution is 0.0983. The highest BCUT2D eigenvalue weighted by Crippen LogP contribution is 2.18. The zero-order valence-corrected chi connectivity index (χ0v) is 13.3. The maximum atomic E-state index is 12.7. The van der Waals surface area contributed by atoms with E-state index in [2.05, 4.69) is 22.2 Å². The minimum Gasteiger partial charge on any atom is -0.354 e. The Kier molecular flexibility index (Phi) is 5.47. The second-order valence-corrected chi connectivity index (χ2v) is 5.08. The normalized spacial score (nSPS) is 10.3. The molecule has 0 fully saturated rings. The summed E-state index contributed by atoms with van der Waals surface area (Å²) in [6, 6.07) is 9.55. The largest absolute Gasteiger partial charge is 0.354 e. The highest BCUT2D eigenvalue weighted by atomic mass is 16.2. The van der Waals surface area contributed by atoms with Gasteiger partial charge < -0.3 is 10.2 Å². The first kappa shape index (κ1) is 15.9. The van der Waals surface area contributed by atoms with Crippen LogP contribution >= 0.6 is 0 Å². The zero-order chi connectivity index (χ0) is 15.9. The number of benzene rings is 1. The van der Waals surface area contributed by atoms with Crippen LogP contribution in [0, 0.1) is 6.92 Å². The van der Waals surface area contributed by atoms with Gasteiger partial charge >= 0.3 is 0 Å². The number of anilines is 2. The minimum atomic E-state index is -0.116. The average molecular weight is 298 g/mol. The van der Waals surface area contributed by atoms with E-state index in [9.17, 15) is 4.79 Å². The van der Waals surface area contributed by atoms with Crippen LogP contribution in [0.1, 0.15) is 36.3 Å². The Hall–Kier alpha value is -2.43. The van der Waals surface area contributed by atoms with Crippen LogP contribution in [0.2, 0.25) is 0 Å². The molecule has 1 aromatic carbocycles. The summed E-state index contributed by atoms with van der Waals surface area (Å²) in [5.41, 5.74) is 2.41. The molecule has 2 aromatic rings. The number of amides is 1. The summed E-state index contributed by atoms with van der Waals surface area (Å²) < 4.78 is 0. The first-order chi connectivity index (χ1) is 10.7. The number of carbonyl (C=O) groups excluding carboxylic acids is 1. The van der Waals surface area contributed by atoms with Gasteiger partial charge in [-0.05, 0) is 44.0 Å². The summed E-state index contributed by atoms with van der Waals surface area (Å²) in [4.78, 5) is 22.9. The summed E-state index contributed by atoms with van der Waals surface area (Å²) in [5.74, 6) is 0.378. The molecule has 1 aromatic heterocycles. The molecule has 0 aliphatic heterocycles. The Morgan fingerprint density at radius 2 is 2.09 bits per heavy atom. The molecule has 1 amide bonds. The van der Waals surface area contributed by atoms with Crippen LogP contribution in [0.25, 0.3) is 0 Å². The van der Waals surface area contributed by atoms with Gasteiger partial charge in [-0.2, -0.15) is 0 Å². The van der Waals surface area contributed by atoms with Crippen molar-refractivity contribution < 1.29 is 4.79 Å². The predicted molar refractivity (Wildman–Crippen MR) is 89.3 cm³/mol. The molecule has 0 bridgehead atoms. The molecule has 0 atom stereocenters. The Labute approximate surface area is 131 Å². The van der Waals surface area contributed by atoms with E-state index in [1.165, 1.54) is 0 Å². The molecule has 0 radical (unpaired) electrons. The maximum absolute atomic E-state index is 12.7. The van der Waals surface area contributed by atoms with Gasteiger partial charge in [0.15, 0.2) is 0 Å². The third-order valence-corrected chi connectivity index (χ3v) is 3.28. The van der Waals surface area contributed by atoms with Gasteiger partial charge in [-0.1, -0.05) is 19.1 Å². The first-order valence-corrected chi connectivity index (χ1v) is 7.61. The van der Waals surface area contributed by atoms with Crippen LogP contribution in [0.4, 0.5) is 11.6 Å². The molecule has 5 nitrogen and oxygen atoms in total. The second kappa shape index (κ2) is 7.54. The van der Waals surface area contributed by atoms with Gasteiger partial charge in [0.05, 0.1) is 0 Å². The van der Waals surface area contributed by atoms with Gasteiger partial charge in [-0.3, -0.25) is 4.79 Å². The molecule has 116 valence electrons. The Morgan fingerprint density at radius 1 is 1.27 bits per heavy atom. The first-order valence-electron chi connectivity index (χ1n) is 7.61. The molecule has 0 saturated carbocycles. The summed E-state index contributed by atoms with van der Waals surface area (Å²) >= 11 is 0. The topological polar surface area (TPSA) is 58.1 Å². The molecular formula is C17H22N4O. The average Bonchev–Trinajstić information content (AvgIpc) is 2.54. The van der Waals surface area contributed by atoms with E-state index in [-0.39, 0.29) is 5.91 Å². The van der Waals surface area contributed by atoms with E-state index in [0.717, 1.165) is 24.2 Å². The van der Waals surface area contributed by atoms with Crippen LogP contribution in [-0.2, 0) is 0 Å². The zero-order valence-electron chi connectivity index (χ0n) is 13.3. The fourth-order valence-electron chi connectivity index (χ4n) is 2.18. The van der Waals surface area contributed by atoms with Crippen LogP contribution < -0.4 is 10.2 Å². The summed E-state index contributed by atoms with van der Waals surface area (Å²) in [6.07, 6.45) is 2.59. The highest BCUT2D eigenvalue weighted by Gasteiger charge is 2.18. The van der Waals surface area contributed by atoms with Gasteiger partial charge in [0.2, 0.25) is 5.95 Å². The van der Waals surface area contributed by atoms with Gasteiger partial charge in [-0.15, -0.1) is 0 Å². The number of rotatable bonds is 6. The van der Waals surface area contributed by atoms with E-state index in [0.29, 0.717) is 18.2 Å². The quantitative estimate of drug-likeness (QED) is 0.889. The third-order valence-electron chi connectivity index (χ3n) is 3.28. The van der Waals surface area contributed by atoms with Crippen LogP contribution in [0.5, 0.6) is 0 Å². The van der Waals surface area contributed by atoms with Crippen LogP contribution in [0.15, 0.2) is 36.5 Å². The van der Waals surface area contributed by atoms with Crippen molar-refractivity contribution in [2.45, 2.75) is 27.2 Å². The molecule has 5 heteroatoms. The molecule has 0 spiro atoms. The third kappa shape index (κ3) is 3.81. The van der Waals surface area contributed by atoms with Crippen molar-refractivity contribution >= 4 is 17.5 Å². The van der Waals surface area contributed by atoms with E-state index < -0.39 is 0 Å². The van der Waals surface area contributed by atoms with Gasteiger partial charge in [-0.25, -0.2) is 9.97 Å². The van der Waals surface area contributed by atoms with Gasteiger partial charge in [0, 0.05) is 25.0 Å². The summed E-state index contributed by atoms with van der Waals surface area (Å²) in [5, 5.41) is 3.10. The molecule has 2 rings (SSSR count). The number of nitrogens with zero attached hydrogens (tertiary/aromatic N) is 3. The van der Waals surface area contributed by atoms with Crippen LogP contribution in [0.3, 0.4) is 0 Å². The van der Waals surface area contributed by atoms with Crippen LogP contribution in [-0.4, -0.2) is 29.0 Å². The summed E-state index contributed by atoms with van der Waals surface area (Å²) in [6.45, 7) is 7.41. The molecule has 0 aliphatic rings. The van der Waals surface area contributed by atoms with Crippen molar-refractivity contribution in [3.05, 3.63) is 47.8 Å². The minimum absolute atomic E-state index is 0.116. The lowest BCUT2D eigenvalue weighted by Gasteiger charge is -2.21. The number of nitrogens with one attached hydrogen (secondary N) is 1. The molecular weight excluding hydrogens is 276 g/mol. The standard InChI is InChI=1S/C17H22N4O/c1-4-10-18-17-19-11-9-15(20-17)16(22)21(5-2)14-8-6-7-13(3)12-14/h6-9,11-12H,4-5,10H2,1-3H3,(H,18,19,20). The smallest absolute Gasteiger partial charge is 0.277 e. The molecule has 1 N–H and O–H groups in total. The fraction of sp³-hybridized carbons (Fsp3) is 0.353. The Balaban J connectivity index is 2.25. The van der Waals surface area contributed by atoms with Crippen molar-refractivity contribution in [1.82, 2.24) is 9.97 Å². The molecule has 22 heavy (non-hydrogen) atoms.